The Labute approximate surface area is 147 Å². The molecular formula is C18H18N4O2S. The fourth-order valence-electron chi connectivity index (χ4n) is 2.38. The summed E-state index contributed by atoms with van der Waals surface area (Å²) < 4.78 is 25.0. The van der Waals surface area contributed by atoms with Crippen LogP contribution in [0.2, 0.25) is 0 Å². The van der Waals surface area contributed by atoms with Crippen LogP contribution in [0.15, 0.2) is 60.7 Å². The molecule has 0 spiro atoms. The van der Waals surface area contributed by atoms with Gasteiger partial charge in [-0.05, 0) is 42.8 Å². The van der Waals surface area contributed by atoms with Gasteiger partial charge in [0.05, 0.1) is 11.9 Å². The maximum atomic E-state index is 11.3. The molecule has 0 amide bonds. The molecule has 2 N–H and O–H groups in total. The normalized spacial score (nSPS) is 11.1. The van der Waals surface area contributed by atoms with Crippen molar-refractivity contribution in [3.63, 3.8) is 0 Å². The highest BCUT2D eigenvalue weighted by atomic mass is 32.2. The van der Waals surface area contributed by atoms with Crippen LogP contribution < -0.4 is 10.0 Å². The summed E-state index contributed by atoms with van der Waals surface area (Å²) in [5.74, 6) is 0.617. The van der Waals surface area contributed by atoms with Crippen molar-refractivity contribution in [2.75, 3.05) is 16.3 Å². The number of anilines is 3. The number of nitrogens with zero attached hydrogens (tertiary/aromatic N) is 2. The van der Waals surface area contributed by atoms with E-state index >= 15 is 0 Å². The molecule has 6 nitrogen and oxygen atoms in total. The van der Waals surface area contributed by atoms with E-state index in [0.29, 0.717) is 11.5 Å². The topological polar surface area (TPSA) is 84.0 Å². The maximum absolute atomic E-state index is 11.3. The molecule has 128 valence electrons. The van der Waals surface area contributed by atoms with Crippen LogP contribution in [0.4, 0.5) is 17.2 Å². The number of benzene rings is 2. The van der Waals surface area contributed by atoms with Gasteiger partial charge in [0.25, 0.3) is 0 Å². The van der Waals surface area contributed by atoms with Gasteiger partial charge in [0.2, 0.25) is 10.0 Å². The molecule has 3 rings (SSSR count). The lowest BCUT2D eigenvalue weighted by Crippen LogP contribution is -2.09. The van der Waals surface area contributed by atoms with Crippen LogP contribution in [-0.2, 0) is 10.0 Å². The molecule has 2 aromatic carbocycles. The summed E-state index contributed by atoms with van der Waals surface area (Å²) in [4.78, 5) is 0. The molecule has 0 saturated heterocycles. The highest BCUT2D eigenvalue weighted by molar-refractivity contribution is 7.92. The van der Waals surface area contributed by atoms with E-state index in [1.54, 1.807) is 18.2 Å². The second-order valence-corrected chi connectivity index (χ2v) is 7.45. The van der Waals surface area contributed by atoms with Gasteiger partial charge in [-0.3, -0.25) is 4.72 Å². The number of hydrogen-bond acceptors (Lipinski definition) is 5. The molecule has 0 atom stereocenters. The third kappa shape index (κ3) is 4.54. The van der Waals surface area contributed by atoms with Gasteiger partial charge in [0, 0.05) is 16.9 Å². The SMILES string of the molecule is Cc1cc(NS(C)(=O)=O)ccc1Nc1ccc(-c2ccccc2)nn1. The average molecular weight is 354 g/mol. The van der Waals surface area contributed by atoms with Crippen molar-refractivity contribution in [3.8, 4) is 11.3 Å². The van der Waals surface area contributed by atoms with Crippen molar-refractivity contribution in [2.24, 2.45) is 0 Å². The number of aromatic nitrogens is 2. The molecule has 0 saturated carbocycles. The smallest absolute Gasteiger partial charge is 0.229 e. The Kier molecular flexibility index (Phi) is 4.67. The molecule has 7 heteroatoms. The predicted molar refractivity (Wildman–Crippen MR) is 100 cm³/mol. The molecule has 0 radical (unpaired) electrons. The lowest BCUT2D eigenvalue weighted by molar-refractivity contribution is 0.607. The van der Waals surface area contributed by atoms with E-state index in [0.717, 1.165) is 28.8 Å². The van der Waals surface area contributed by atoms with Crippen molar-refractivity contribution >= 4 is 27.2 Å². The molecule has 0 aliphatic heterocycles. The zero-order valence-electron chi connectivity index (χ0n) is 13.9. The minimum Gasteiger partial charge on any atom is -0.339 e. The summed E-state index contributed by atoms with van der Waals surface area (Å²) in [5, 5.41) is 11.6. The quantitative estimate of drug-likeness (QED) is 0.732. The third-order valence-corrected chi connectivity index (χ3v) is 4.13. The van der Waals surface area contributed by atoms with Crippen LogP contribution in [0.5, 0.6) is 0 Å². The molecule has 0 bridgehead atoms. The summed E-state index contributed by atoms with van der Waals surface area (Å²) >= 11 is 0. The van der Waals surface area contributed by atoms with Crippen LogP contribution in [0, 0.1) is 6.92 Å². The van der Waals surface area contributed by atoms with Crippen molar-refractivity contribution in [2.45, 2.75) is 6.92 Å². The number of rotatable bonds is 5. The second kappa shape index (κ2) is 6.90. The number of hydrogen-bond donors (Lipinski definition) is 2. The maximum Gasteiger partial charge on any atom is 0.229 e. The van der Waals surface area contributed by atoms with Gasteiger partial charge in [0.1, 0.15) is 0 Å². The zero-order valence-corrected chi connectivity index (χ0v) is 14.7. The molecule has 3 aromatic rings. The first-order chi connectivity index (χ1) is 11.9. The molecule has 0 aliphatic rings. The first-order valence-corrected chi connectivity index (χ1v) is 9.54. The molecule has 0 fully saturated rings. The van der Waals surface area contributed by atoms with Gasteiger partial charge >= 0.3 is 0 Å². The Morgan fingerprint density at radius 3 is 2.28 bits per heavy atom. The first-order valence-electron chi connectivity index (χ1n) is 7.65. The molecule has 1 aromatic heterocycles. The molecular weight excluding hydrogens is 336 g/mol. The fourth-order valence-corrected chi connectivity index (χ4v) is 2.94. The fraction of sp³-hybridized carbons (Fsp3) is 0.111. The van der Waals surface area contributed by atoms with Gasteiger partial charge < -0.3 is 5.32 Å². The molecule has 25 heavy (non-hydrogen) atoms. The average Bonchev–Trinajstić information content (AvgIpc) is 2.57. The lowest BCUT2D eigenvalue weighted by atomic mass is 10.1. The Hall–Kier alpha value is -2.93. The van der Waals surface area contributed by atoms with Crippen molar-refractivity contribution < 1.29 is 8.42 Å². The minimum absolute atomic E-state index is 0.524. The summed E-state index contributed by atoms with van der Waals surface area (Å²) in [6.45, 7) is 1.89. The van der Waals surface area contributed by atoms with Crippen LogP contribution in [0.25, 0.3) is 11.3 Å². The van der Waals surface area contributed by atoms with Crippen molar-refractivity contribution in [3.05, 3.63) is 66.2 Å². The lowest BCUT2D eigenvalue weighted by Gasteiger charge is -2.11. The van der Waals surface area contributed by atoms with E-state index in [4.69, 9.17) is 0 Å². The predicted octanol–water partition coefficient (Wildman–Crippen LogP) is 3.57. The van der Waals surface area contributed by atoms with Crippen molar-refractivity contribution in [1.29, 1.82) is 0 Å². The summed E-state index contributed by atoms with van der Waals surface area (Å²) in [6.07, 6.45) is 1.12. The molecule has 0 aliphatic carbocycles. The summed E-state index contributed by atoms with van der Waals surface area (Å²) in [5.41, 5.74) is 4.06. The van der Waals surface area contributed by atoms with E-state index in [1.807, 2.05) is 49.4 Å². The Bertz CT molecular complexity index is 972. The Morgan fingerprint density at radius 1 is 0.920 bits per heavy atom. The highest BCUT2D eigenvalue weighted by Gasteiger charge is 2.06. The van der Waals surface area contributed by atoms with E-state index in [9.17, 15) is 8.42 Å². The van der Waals surface area contributed by atoms with Gasteiger partial charge in [-0.1, -0.05) is 30.3 Å². The summed E-state index contributed by atoms with van der Waals surface area (Å²) in [7, 11) is -3.29. The second-order valence-electron chi connectivity index (χ2n) is 5.70. The molecule has 0 unspecified atom stereocenters. The highest BCUT2D eigenvalue weighted by Crippen LogP contribution is 2.24. The Morgan fingerprint density at radius 2 is 1.68 bits per heavy atom. The van der Waals surface area contributed by atoms with Crippen LogP contribution in [0.3, 0.4) is 0 Å². The largest absolute Gasteiger partial charge is 0.339 e. The van der Waals surface area contributed by atoms with Gasteiger partial charge in [-0.25, -0.2) is 8.42 Å². The first kappa shape index (κ1) is 16.9. The van der Waals surface area contributed by atoms with E-state index in [-0.39, 0.29) is 0 Å². The van der Waals surface area contributed by atoms with Gasteiger partial charge in [-0.15, -0.1) is 10.2 Å². The number of aryl methyl sites for hydroxylation is 1. The summed E-state index contributed by atoms with van der Waals surface area (Å²) in [6, 6.07) is 18.8. The van der Waals surface area contributed by atoms with Gasteiger partial charge in [-0.2, -0.15) is 0 Å². The van der Waals surface area contributed by atoms with Crippen LogP contribution in [-0.4, -0.2) is 24.9 Å². The van der Waals surface area contributed by atoms with Gasteiger partial charge in [0.15, 0.2) is 5.82 Å². The van der Waals surface area contributed by atoms with E-state index in [1.165, 1.54) is 0 Å². The van der Waals surface area contributed by atoms with Crippen LogP contribution >= 0.6 is 0 Å². The molecule has 1 heterocycles. The van der Waals surface area contributed by atoms with E-state index < -0.39 is 10.0 Å². The minimum atomic E-state index is -3.29. The third-order valence-electron chi connectivity index (χ3n) is 3.53. The van der Waals surface area contributed by atoms with Crippen LogP contribution in [0.1, 0.15) is 5.56 Å². The number of nitrogens with one attached hydrogen (secondary N) is 2. The van der Waals surface area contributed by atoms with Crippen molar-refractivity contribution in [1.82, 2.24) is 10.2 Å². The monoisotopic (exact) mass is 354 g/mol. The number of sulfonamides is 1. The Balaban J connectivity index is 1.76. The zero-order chi connectivity index (χ0) is 17.9. The van der Waals surface area contributed by atoms with E-state index in [2.05, 4.69) is 20.2 Å². The standard InChI is InChI=1S/C18H18N4O2S/c1-13-12-15(22-25(2,23)24)8-9-16(13)19-18-11-10-17(20-21-18)14-6-4-3-5-7-14/h3-12,22H,1-2H3,(H,19,21).